The minimum Gasteiger partial charge on any atom is -0.482 e. The Hall–Kier alpha value is -1.87. The maximum Gasteiger partial charge on any atom is 0.155 e. The lowest BCUT2D eigenvalue weighted by atomic mass is 10.0. The molecule has 0 radical (unpaired) electrons. The number of nitrogens with zero attached hydrogens (tertiary/aromatic N) is 1. The van der Waals surface area contributed by atoms with Gasteiger partial charge in [0.1, 0.15) is 5.75 Å². The summed E-state index contributed by atoms with van der Waals surface area (Å²) in [6, 6.07) is 12.0. The van der Waals surface area contributed by atoms with Crippen LogP contribution in [-0.4, -0.2) is 11.0 Å². The molecule has 0 bridgehead atoms. The molecule has 1 aromatic heterocycles. The van der Waals surface area contributed by atoms with Crippen molar-refractivity contribution in [2.45, 2.75) is 45.8 Å². The summed E-state index contributed by atoms with van der Waals surface area (Å²) < 4.78 is 6.20. The number of ether oxygens (including phenoxy) is 1. The van der Waals surface area contributed by atoms with E-state index in [1.807, 2.05) is 25.1 Å². The van der Waals surface area contributed by atoms with Crippen LogP contribution in [0.4, 0.5) is 0 Å². The van der Waals surface area contributed by atoms with E-state index < -0.39 is 0 Å². The van der Waals surface area contributed by atoms with Crippen molar-refractivity contribution in [2.75, 3.05) is 0 Å². The van der Waals surface area contributed by atoms with Crippen LogP contribution in [0.15, 0.2) is 42.6 Å². The fourth-order valence-electron chi connectivity index (χ4n) is 2.22. The second-order valence-electron chi connectivity index (χ2n) is 5.83. The number of hydrogen-bond donors (Lipinski definition) is 1. The van der Waals surface area contributed by atoms with E-state index in [2.05, 4.69) is 44.0 Å². The molecule has 0 spiro atoms. The summed E-state index contributed by atoms with van der Waals surface area (Å²) in [6.45, 7) is 8.35. The van der Waals surface area contributed by atoms with E-state index in [0.29, 0.717) is 5.92 Å². The van der Waals surface area contributed by atoms with Crippen LogP contribution in [0.1, 0.15) is 49.6 Å². The van der Waals surface area contributed by atoms with Gasteiger partial charge < -0.3 is 10.5 Å². The zero-order valence-corrected chi connectivity index (χ0v) is 13.2. The summed E-state index contributed by atoms with van der Waals surface area (Å²) in [5.74, 6) is 1.35. The lowest BCUT2D eigenvalue weighted by Crippen LogP contribution is -2.29. The lowest BCUT2D eigenvalue weighted by molar-refractivity contribution is 0.174. The summed E-state index contributed by atoms with van der Waals surface area (Å²) in [5.41, 5.74) is 9.34. The smallest absolute Gasteiger partial charge is 0.155 e. The first kappa shape index (κ1) is 15.5. The molecular formula is C18H24N2O. The number of aromatic nitrogens is 1. The van der Waals surface area contributed by atoms with Crippen molar-refractivity contribution in [1.82, 2.24) is 4.98 Å². The van der Waals surface area contributed by atoms with Crippen LogP contribution in [0.5, 0.6) is 5.75 Å². The number of nitrogens with two attached hydrogens (primary N) is 1. The van der Waals surface area contributed by atoms with Gasteiger partial charge in [0.15, 0.2) is 6.10 Å². The molecule has 0 amide bonds. The van der Waals surface area contributed by atoms with E-state index in [1.54, 1.807) is 6.20 Å². The molecule has 0 saturated carbocycles. The van der Waals surface area contributed by atoms with Crippen molar-refractivity contribution in [3.63, 3.8) is 0 Å². The number of aryl methyl sites for hydroxylation is 1. The molecule has 2 atom stereocenters. The van der Waals surface area contributed by atoms with E-state index >= 15 is 0 Å². The summed E-state index contributed by atoms with van der Waals surface area (Å²) in [5, 5.41) is 0. The first-order chi connectivity index (χ1) is 9.99. The molecule has 0 aliphatic carbocycles. The highest BCUT2D eigenvalue weighted by Gasteiger charge is 2.20. The molecule has 0 fully saturated rings. The van der Waals surface area contributed by atoms with Crippen molar-refractivity contribution in [3.05, 3.63) is 59.4 Å². The Kier molecular flexibility index (Phi) is 4.97. The minimum atomic E-state index is -0.243. The average molecular weight is 284 g/mol. The second kappa shape index (κ2) is 6.72. The minimum absolute atomic E-state index is 0.137. The highest BCUT2D eigenvalue weighted by molar-refractivity contribution is 5.38. The Bertz CT molecular complexity index is 579. The zero-order chi connectivity index (χ0) is 15.4. The predicted molar refractivity (Wildman–Crippen MR) is 86.5 cm³/mol. The number of rotatable bonds is 5. The number of hydrogen-bond acceptors (Lipinski definition) is 3. The van der Waals surface area contributed by atoms with Gasteiger partial charge in [-0.3, -0.25) is 4.98 Å². The molecule has 0 aliphatic rings. The van der Waals surface area contributed by atoms with Gasteiger partial charge in [0.25, 0.3) is 0 Å². The van der Waals surface area contributed by atoms with Gasteiger partial charge in [-0.1, -0.05) is 32.0 Å². The van der Waals surface area contributed by atoms with Crippen LogP contribution in [0.3, 0.4) is 0 Å². The molecule has 2 aromatic rings. The maximum atomic E-state index is 6.20. The molecule has 112 valence electrons. The van der Waals surface area contributed by atoms with Gasteiger partial charge in [-0.15, -0.1) is 0 Å². The first-order valence-electron chi connectivity index (χ1n) is 7.42. The molecule has 1 aromatic carbocycles. The topological polar surface area (TPSA) is 48.1 Å². The fraction of sp³-hybridized carbons (Fsp3) is 0.389. The molecule has 3 nitrogen and oxygen atoms in total. The molecule has 0 saturated heterocycles. The third kappa shape index (κ3) is 3.82. The third-order valence-corrected chi connectivity index (χ3v) is 3.59. The summed E-state index contributed by atoms with van der Waals surface area (Å²) >= 11 is 0. The van der Waals surface area contributed by atoms with Gasteiger partial charge >= 0.3 is 0 Å². The molecule has 2 N–H and O–H groups in total. The van der Waals surface area contributed by atoms with Crippen LogP contribution in [0.2, 0.25) is 0 Å². The van der Waals surface area contributed by atoms with Gasteiger partial charge in [0.05, 0.1) is 5.69 Å². The van der Waals surface area contributed by atoms with Crippen LogP contribution in [0, 0.1) is 6.92 Å². The van der Waals surface area contributed by atoms with Crippen LogP contribution >= 0.6 is 0 Å². The number of pyridine rings is 1. The van der Waals surface area contributed by atoms with E-state index in [9.17, 15) is 0 Å². The Balaban J connectivity index is 2.31. The average Bonchev–Trinajstić information content (AvgIpc) is 2.46. The van der Waals surface area contributed by atoms with E-state index in [1.165, 1.54) is 5.56 Å². The Morgan fingerprint density at radius 2 is 1.86 bits per heavy atom. The Labute approximate surface area is 127 Å². The van der Waals surface area contributed by atoms with Crippen molar-refractivity contribution in [1.29, 1.82) is 0 Å². The van der Waals surface area contributed by atoms with E-state index in [-0.39, 0.29) is 12.1 Å². The highest BCUT2D eigenvalue weighted by Crippen LogP contribution is 2.29. The molecule has 21 heavy (non-hydrogen) atoms. The van der Waals surface area contributed by atoms with Crippen molar-refractivity contribution in [2.24, 2.45) is 5.73 Å². The van der Waals surface area contributed by atoms with Crippen LogP contribution < -0.4 is 10.5 Å². The summed E-state index contributed by atoms with van der Waals surface area (Å²) in [4.78, 5) is 4.38. The predicted octanol–water partition coefficient (Wildman–Crippen LogP) is 3.98. The van der Waals surface area contributed by atoms with Crippen molar-refractivity contribution in [3.8, 4) is 5.75 Å². The third-order valence-electron chi connectivity index (χ3n) is 3.59. The number of benzene rings is 1. The van der Waals surface area contributed by atoms with Gasteiger partial charge in [-0.05, 0) is 49.1 Å². The molecule has 2 rings (SSSR count). The van der Waals surface area contributed by atoms with Crippen molar-refractivity contribution < 1.29 is 4.74 Å². The van der Waals surface area contributed by atoms with Crippen LogP contribution in [0.25, 0.3) is 0 Å². The molecule has 2 unspecified atom stereocenters. The van der Waals surface area contributed by atoms with Gasteiger partial charge in [0.2, 0.25) is 0 Å². The summed E-state index contributed by atoms with van der Waals surface area (Å²) in [6.07, 6.45) is 1.53. The quantitative estimate of drug-likeness (QED) is 0.903. The van der Waals surface area contributed by atoms with Crippen molar-refractivity contribution >= 4 is 0 Å². The Morgan fingerprint density at radius 3 is 2.43 bits per heavy atom. The zero-order valence-electron chi connectivity index (χ0n) is 13.2. The van der Waals surface area contributed by atoms with Crippen LogP contribution in [-0.2, 0) is 0 Å². The first-order valence-corrected chi connectivity index (χ1v) is 7.42. The standard InChI is InChI=1S/C18H24N2O/c1-12(2)15-9-8-13(3)17(11-15)21-18(14(4)19)16-7-5-6-10-20-16/h5-12,14,18H,19H2,1-4H3. The van der Waals surface area contributed by atoms with Gasteiger partial charge in [0, 0.05) is 12.2 Å². The molecule has 1 heterocycles. The molecule has 0 aliphatic heterocycles. The molecule has 3 heteroatoms. The lowest BCUT2D eigenvalue weighted by Gasteiger charge is -2.23. The van der Waals surface area contributed by atoms with E-state index in [0.717, 1.165) is 17.0 Å². The second-order valence-corrected chi connectivity index (χ2v) is 5.83. The largest absolute Gasteiger partial charge is 0.482 e. The SMILES string of the molecule is Cc1ccc(C(C)C)cc1OC(c1ccccn1)C(C)N. The van der Waals surface area contributed by atoms with Gasteiger partial charge in [-0.25, -0.2) is 0 Å². The highest BCUT2D eigenvalue weighted by atomic mass is 16.5. The normalized spacial score (nSPS) is 14.0. The maximum absolute atomic E-state index is 6.20. The monoisotopic (exact) mass is 284 g/mol. The Morgan fingerprint density at radius 1 is 1.10 bits per heavy atom. The van der Waals surface area contributed by atoms with E-state index in [4.69, 9.17) is 10.5 Å². The summed E-state index contributed by atoms with van der Waals surface area (Å²) in [7, 11) is 0. The fourth-order valence-corrected chi connectivity index (χ4v) is 2.22. The van der Waals surface area contributed by atoms with Gasteiger partial charge in [-0.2, -0.15) is 0 Å². The molecular weight excluding hydrogens is 260 g/mol.